The van der Waals surface area contributed by atoms with E-state index in [2.05, 4.69) is 9.72 Å². The third kappa shape index (κ3) is 3.66. The van der Waals surface area contributed by atoms with Crippen LogP contribution >= 0.6 is 0 Å². The number of aromatic nitrogens is 1. The second-order valence-corrected chi connectivity index (χ2v) is 4.10. The maximum absolute atomic E-state index is 13.4. The molecule has 0 atom stereocenters. The topological polar surface area (TPSA) is 22.1 Å². The minimum absolute atomic E-state index is 0.282. The third-order valence-corrected chi connectivity index (χ3v) is 2.57. The fraction of sp³-hybridized carbons (Fsp3) is 0.154. The molecule has 1 aromatic carbocycles. The molecule has 1 aromatic heterocycles. The van der Waals surface area contributed by atoms with Gasteiger partial charge in [-0.2, -0.15) is 17.6 Å². The second-order valence-electron chi connectivity index (χ2n) is 4.10. The summed E-state index contributed by atoms with van der Waals surface area (Å²) in [5, 5.41) is 0. The Labute approximate surface area is 119 Å². The summed E-state index contributed by atoms with van der Waals surface area (Å²) in [5.74, 6) is -2.47. The summed E-state index contributed by atoms with van der Waals surface area (Å²) in [7, 11) is 0. The SMILES string of the molecule is Fc1nccc(-c2cccc(OC(F)(F)F)c2)c1C(F)(F)F. The molecule has 0 unspecified atom stereocenters. The standard InChI is InChI=1S/C13H6F7NO/c14-11-10(12(15,16)17)9(4-5-21-11)7-2-1-3-8(6-7)22-13(18,19)20/h1-6H. The van der Waals surface area contributed by atoms with Crippen molar-refractivity contribution in [2.45, 2.75) is 12.5 Å². The molecule has 2 aromatic rings. The molecule has 9 heteroatoms. The van der Waals surface area contributed by atoms with E-state index in [0.29, 0.717) is 0 Å². The molecule has 118 valence electrons. The molecular weight excluding hydrogens is 319 g/mol. The monoisotopic (exact) mass is 325 g/mol. The van der Waals surface area contributed by atoms with Crippen LogP contribution in [-0.2, 0) is 6.18 Å². The molecular formula is C13H6F7NO. The smallest absolute Gasteiger partial charge is 0.406 e. The Bertz CT molecular complexity index is 679. The number of benzene rings is 1. The Balaban J connectivity index is 2.54. The highest BCUT2D eigenvalue weighted by Gasteiger charge is 2.38. The van der Waals surface area contributed by atoms with Gasteiger partial charge in [-0.15, -0.1) is 13.2 Å². The number of hydrogen-bond acceptors (Lipinski definition) is 2. The van der Waals surface area contributed by atoms with Gasteiger partial charge < -0.3 is 4.74 Å². The normalized spacial score (nSPS) is 12.3. The lowest BCUT2D eigenvalue weighted by atomic mass is 10.0. The van der Waals surface area contributed by atoms with Crippen LogP contribution in [0.4, 0.5) is 30.7 Å². The molecule has 2 rings (SSSR count). The molecule has 0 fully saturated rings. The Kier molecular flexibility index (Phi) is 3.99. The van der Waals surface area contributed by atoms with Gasteiger partial charge >= 0.3 is 12.5 Å². The number of nitrogens with zero attached hydrogens (tertiary/aromatic N) is 1. The van der Waals surface area contributed by atoms with Crippen molar-refractivity contribution in [1.29, 1.82) is 0 Å². The summed E-state index contributed by atoms with van der Waals surface area (Å²) in [6, 6.07) is 4.68. The van der Waals surface area contributed by atoms with Crippen LogP contribution in [0.3, 0.4) is 0 Å². The van der Waals surface area contributed by atoms with E-state index in [1.807, 2.05) is 0 Å². The highest BCUT2D eigenvalue weighted by Crippen LogP contribution is 2.39. The second kappa shape index (κ2) is 5.47. The molecule has 0 saturated heterocycles. The van der Waals surface area contributed by atoms with Crippen molar-refractivity contribution in [1.82, 2.24) is 4.98 Å². The van der Waals surface area contributed by atoms with Gasteiger partial charge in [0, 0.05) is 11.8 Å². The van der Waals surface area contributed by atoms with Crippen LogP contribution in [0.1, 0.15) is 5.56 Å². The van der Waals surface area contributed by atoms with Crippen molar-refractivity contribution in [2.24, 2.45) is 0 Å². The Hall–Kier alpha value is -2.32. The average Bonchev–Trinajstić information content (AvgIpc) is 2.35. The molecule has 0 aliphatic carbocycles. The molecule has 0 aliphatic rings. The van der Waals surface area contributed by atoms with Gasteiger partial charge in [0.15, 0.2) is 0 Å². The van der Waals surface area contributed by atoms with E-state index in [1.54, 1.807) is 0 Å². The summed E-state index contributed by atoms with van der Waals surface area (Å²) in [5.41, 5.74) is -2.57. The van der Waals surface area contributed by atoms with Crippen molar-refractivity contribution in [3.63, 3.8) is 0 Å². The summed E-state index contributed by atoms with van der Waals surface area (Å²) >= 11 is 0. The van der Waals surface area contributed by atoms with E-state index in [9.17, 15) is 30.7 Å². The van der Waals surface area contributed by atoms with Crippen LogP contribution in [-0.4, -0.2) is 11.3 Å². The molecule has 0 amide bonds. The van der Waals surface area contributed by atoms with Gasteiger partial charge in [-0.25, -0.2) is 4.98 Å². The maximum Gasteiger partial charge on any atom is 0.573 e. The fourth-order valence-corrected chi connectivity index (χ4v) is 1.81. The Morgan fingerprint density at radius 1 is 0.955 bits per heavy atom. The molecule has 1 heterocycles. The summed E-state index contributed by atoms with van der Waals surface area (Å²) < 4.78 is 92.0. The molecule has 2 nitrogen and oxygen atoms in total. The fourth-order valence-electron chi connectivity index (χ4n) is 1.81. The third-order valence-electron chi connectivity index (χ3n) is 2.57. The average molecular weight is 325 g/mol. The number of alkyl halides is 6. The van der Waals surface area contributed by atoms with Crippen molar-refractivity contribution in [3.8, 4) is 16.9 Å². The van der Waals surface area contributed by atoms with E-state index in [-0.39, 0.29) is 5.56 Å². The zero-order valence-corrected chi connectivity index (χ0v) is 10.5. The van der Waals surface area contributed by atoms with Crippen molar-refractivity contribution >= 4 is 0 Å². The lowest BCUT2D eigenvalue weighted by Gasteiger charge is -2.14. The minimum Gasteiger partial charge on any atom is -0.406 e. The molecule has 0 bridgehead atoms. The highest BCUT2D eigenvalue weighted by atomic mass is 19.4. The maximum atomic E-state index is 13.4. The largest absolute Gasteiger partial charge is 0.573 e. The van der Waals surface area contributed by atoms with E-state index in [4.69, 9.17) is 0 Å². The number of halogens is 7. The Morgan fingerprint density at radius 3 is 2.23 bits per heavy atom. The van der Waals surface area contributed by atoms with Crippen molar-refractivity contribution in [3.05, 3.63) is 48.0 Å². The van der Waals surface area contributed by atoms with Gasteiger partial charge in [0.25, 0.3) is 0 Å². The first-order valence-corrected chi connectivity index (χ1v) is 5.66. The van der Waals surface area contributed by atoms with Gasteiger partial charge in [0.05, 0.1) is 0 Å². The molecule has 0 saturated carbocycles. The predicted octanol–water partition coefficient (Wildman–Crippen LogP) is 4.81. The van der Waals surface area contributed by atoms with E-state index in [1.165, 1.54) is 0 Å². The lowest BCUT2D eigenvalue weighted by Crippen LogP contribution is -2.17. The van der Waals surface area contributed by atoms with Crippen LogP contribution in [0.2, 0.25) is 0 Å². The predicted molar refractivity (Wildman–Crippen MR) is 61.3 cm³/mol. The van der Waals surface area contributed by atoms with Crippen molar-refractivity contribution < 1.29 is 35.5 Å². The summed E-state index contributed by atoms with van der Waals surface area (Å²) in [4.78, 5) is 2.92. The van der Waals surface area contributed by atoms with E-state index in [0.717, 1.165) is 36.5 Å². The minimum atomic E-state index is -5.05. The quantitative estimate of drug-likeness (QED) is 0.584. The summed E-state index contributed by atoms with van der Waals surface area (Å²) in [6.07, 6.45) is -9.25. The molecule has 0 radical (unpaired) electrons. The van der Waals surface area contributed by atoms with Crippen LogP contribution in [0.15, 0.2) is 36.5 Å². The van der Waals surface area contributed by atoms with Gasteiger partial charge in [-0.05, 0) is 23.8 Å². The number of hydrogen-bond donors (Lipinski definition) is 0. The van der Waals surface area contributed by atoms with Gasteiger partial charge in [-0.3, -0.25) is 0 Å². The van der Waals surface area contributed by atoms with Crippen molar-refractivity contribution in [2.75, 3.05) is 0 Å². The van der Waals surface area contributed by atoms with E-state index < -0.39 is 35.4 Å². The zero-order valence-electron chi connectivity index (χ0n) is 10.5. The first-order chi connectivity index (χ1) is 10.1. The first-order valence-electron chi connectivity index (χ1n) is 5.66. The summed E-state index contributed by atoms with van der Waals surface area (Å²) in [6.45, 7) is 0. The molecule has 22 heavy (non-hydrogen) atoms. The van der Waals surface area contributed by atoms with Crippen LogP contribution in [0, 0.1) is 5.95 Å². The first kappa shape index (κ1) is 16.1. The Morgan fingerprint density at radius 2 is 1.64 bits per heavy atom. The number of pyridine rings is 1. The molecule has 0 aliphatic heterocycles. The van der Waals surface area contributed by atoms with Gasteiger partial charge in [0.1, 0.15) is 11.3 Å². The lowest BCUT2D eigenvalue weighted by molar-refractivity contribution is -0.274. The highest BCUT2D eigenvalue weighted by molar-refractivity contribution is 5.69. The van der Waals surface area contributed by atoms with Crippen LogP contribution in [0.25, 0.3) is 11.1 Å². The van der Waals surface area contributed by atoms with Gasteiger partial charge in [0.2, 0.25) is 5.95 Å². The van der Waals surface area contributed by atoms with Crippen LogP contribution in [0.5, 0.6) is 5.75 Å². The number of ether oxygens (including phenoxy) is 1. The van der Waals surface area contributed by atoms with Crippen LogP contribution < -0.4 is 4.74 Å². The number of rotatable bonds is 2. The van der Waals surface area contributed by atoms with Gasteiger partial charge in [-0.1, -0.05) is 12.1 Å². The zero-order chi connectivity index (χ0) is 16.5. The van der Waals surface area contributed by atoms with E-state index >= 15 is 0 Å². The molecule has 0 N–H and O–H groups in total. The molecule has 0 spiro atoms.